The van der Waals surface area contributed by atoms with Gasteiger partial charge in [-0.05, 0) is 39.8 Å². The molecule has 15 heteroatoms. The van der Waals surface area contributed by atoms with Crippen LogP contribution in [-0.4, -0.2) is 98.7 Å². The highest BCUT2D eigenvalue weighted by Crippen LogP contribution is 2.42. The molecule has 0 bridgehead atoms. The number of likely N-dealkylation sites (N-methyl/N-ethyl adjacent to an activating group) is 1. The van der Waals surface area contributed by atoms with Crippen molar-refractivity contribution < 1.29 is 38.1 Å². The number of amides is 4. The number of nitrogens with zero attached hydrogens (tertiary/aromatic N) is 5. The SMILES string of the molecule is C=CCN1CC(=O)N2[C@@H](Cc3ccc(OP(=O)(O)O)cc3)C(=O)N(Cc3cccc4c3N(C)CC4C(=O)CC(C)(C)C)C[C@@H]2N1C(=O)NCc1ccccc1. The number of hydrazine groups is 1. The molecule has 3 atom stereocenters. The average Bonchev–Trinajstić information content (AvgIpc) is 3.46. The van der Waals surface area contributed by atoms with Gasteiger partial charge in [-0.1, -0.05) is 87.5 Å². The van der Waals surface area contributed by atoms with Crippen LogP contribution >= 0.6 is 7.82 Å². The van der Waals surface area contributed by atoms with Gasteiger partial charge in [-0.2, -0.15) is 0 Å². The first kappa shape index (κ1) is 39.7. The van der Waals surface area contributed by atoms with Gasteiger partial charge in [-0.3, -0.25) is 24.2 Å². The molecule has 2 fully saturated rings. The molecule has 0 saturated carbocycles. The number of phosphoric acid groups is 1. The van der Waals surface area contributed by atoms with Crippen molar-refractivity contribution in [1.29, 1.82) is 0 Å². The Morgan fingerprint density at radius 3 is 2.35 bits per heavy atom. The lowest BCUT2D eigenvalue weighted by molar-refractivity contribution is -0.189. The summed E-state index contributed by atoms with van der Waals surface area (Å²) in [6, 6.07) is 19.8. The highest BCUT2D eigenvalue weighted by molar-refractivity contribution is 7.46. The van der Waals surface area contributed by atoms with E-state index in [9.17, 15) is 33.5 Å². The van der Waals surface area contributed by atoms with Crippen molar-refractivity contribution in [2.45, 2.75) is 64.8 Å². The summed E-state index contributed by atoms with van der Waals surface area (Å²) in [5, 5.41) is 6.14. The summed E-state index contributed by atoms with van der Waals surface area (Å²) in [6.07, 6.45) is 1.23. The van der Waals surface area contributed by atoms with Crippen LogP contribution in [0.3, 0.4) is 0 Å². The molecule has 14 nitrogen and oxygen atoms in total. The molecule has 3 N–H and O–H groups in total. The molecule has 3 heterocycles. The quantitative estimate of drug-likeness (QED) is 0.177. The van der Waals surface area contributed by atoms with Crippen LogP contribution in [0.4, 0.5) is 10.5 Å². The Kier molecular flexibility index (Phi) is 11.5. The van der Waals surface area contributed by atoms with E-state index in [1.54, 1.807) is 28.1 Å². The summed E-state index contributed by atoms with van der Waals surface area (Å²) in [5.74, 6) is -0.843. The van der Waals surface area contributed by atoms with E-state index < -0.39 is 26.1 Å². The molecule has 292 valence electrons. The van der Waals surface area contributed by atoms with Crippen LogP contribution in [0.2, 0.25) is 0 Å². The van der Waals surface area contributed by atoms with Crippen LogP contribution < -0.4 is 14.7 Å². The maximum Gasteiger partial charge on any atom is 0.524 e. The third-order valence-electron chi connectivity index (χ3n) is 10.1. The van der Waals surface area contributed by atoms with Crippen molar-refractivity contribution in [2.24, 2.45) is 5.41 Å². The number of benzene rings is 3. The number of Topliss-reactive ketones (excluding diaryl/α,β-unsaturated/α-hetero) is 1. The predicted octanol–water partition coefficient (Wildman–Crippen LogP) is 4.43. The zero-order valence-electron chi connectivity index (χ0n) is 31.6. The number of piperazine rings is 1. The van der Waals surface area contributed by atoms with Crippen molar-refractivity contribution in [1.82, 2.24) is 25.1 Å². The number of rotatable bonds is 12. The Labute approximate surface area is 321 Å². The maximum absolute atomic E-state index is 14.7. The average molecular weight is 773 g/mol. The first-order chi connectivity index (χ1) is 26.0. The fourth-order valence-electron chi connectivity index (χ4n) is 7.82. The second kappa shape index (κ2) is 16.0. The van der Waals surface area contributed by atoms with E-state index in [2.05, 4.69) is 16.8 Å². The van der Waals surface area contributed by atoms with Crippen LogP contribution in [-0.2, 0) is 38.5 Å². The first-order valence-electron chi connectivity index (χ1n) is 18.3. The van der Waals surface area contributed by atoms with E-state index in [4.69, 9.17) is 4.52 Å². The third-order valence-corrected chi connectivity index (χ3v) is 10.5. The molecule has 0 aliphatic carbocycles. The van der Waals surface area contributed by atoms with Crippen molar-refractivity contribution in [3.63, 3.8) is 0 Å². The number of phosphoric ester groups is 1. The molecule has 3 aliphatic heterocycles. The number of para-hydroxylation sites is 1. The molecule has 0 radical (unpaired) electrons. The van der Waals surface area contributed by atoms with Gasteiger partial charge in [-0.25, -0.2) is 19.4 Å². The molecule has 1 unspecified atom stereocenters. The van der Waals surface area contributed by atoms with Gasteiger partial charge < -0.3 is 24.5 Å². The topological polar surface area (TPSA) is 163 Å². The van der Waals surface area contributed by atoms with Gasteiger partial charge in [0.15, 0.2) is 0 Å². The fourth-order valence-corrected chi connectivity index (χ4v) is 8.22. The largest absolute Gasteiger partial charge is 0.524 e. The van der Waals surface area contributed by atoms with Gasteiger partial charge in [0.05, 0.1) is 19.0 Å². The summed E-state index contributed by atoms with van der Waals surface area (Å²) in [5.41, 5.74) is 3.99. The van der Waals surface area contributed by atoms with E-state index in [1.165, 1.54) is 22.0 Å². The van der Waals surface area contributed by atoms with Crippen molar-refractivity contribution >= 4 is 37.1 Å². The first-order valence-corrected chi connectivity index (χ1v) is 19.8. The molecule has 0 spiro atoms. The minimum Gasteiger partial charge on any atom is -0.404 e. The molecule has 6 rings (SSSR count). The molecule has 3 aromatic rings. The molecular formula is C40H49N6O8P. The molecular weight excluding hydrogens is 723 g/mol. The van der Waals surface area contributed by atoms with Crippen molar-refractivity contribution in [2.75, 3.05) is 38.1 Å². The van der Waals surface area contributed by atoms with E-state index in [1.807, 2.05) is 76.3 Å². The molecule has 0 aromatic heterocycles. The highest BCUT2D eigenvalue weighted by Gasteiger charge is 2.51. The fraction of sp³-hybridized carbons (Fsp3) is 0.400. The van der Waals surface area contributed by atoms with Crippen molar-refractivity contribution in [3.05, 3.63) is 108 Å². The van der Waals surface area contributed by atoms with Crippen LogP contribution in [0, 0.1) is 5.41 Å². The van der Waals surface area contributed by atoms with Gasteiger partial charge in [0.2, 0.25) is 11.8 Å². The van der Waals surface area contributed by atoms with E-state index in [-0.39, 0.29) is 73.8 Å². The third kappa shape index (κ3) is 9.11. The number of ketones is 1. The maximum atomic E-state index is 14.7. The Morgan fingerprint density at radius 1 is 0.982 bits per heavy atom. The van der Waals surface area contributed by atoms with Gasteiger partial charge in [-0.15, -0.1) is 6.58 Å². The number of hydrogen-bond donors (Lipinski definition) is 3. The van der Waals surface area contributed by atoms with E-state index in [0.717, 1.165) is 22.4 Å². The van der Waals surface area contributed by atoms with Gasteiger partial charge in [0, 0.05) is 51.8 Å². The number of urea groups is 1. The summed E-state index contributed by atoms with van der Waals surface area (Å²) >= 11 is 0. The van der Waals surface area contributed by atoms with Crippen LogP contribution in [0.15, 0.2) is 85.5 Å². The lowest BCUT2D eigenvalue weighted by Crippen LogP contribution is -2.76. The Balaban J connectivity index is 1.36. The molecule has 55 heavy (non-hydrogen) atoms. The monoisotopic (exact) mass is 772 g/mol. The smallest absolute Gasteiger partial charge is 0.404 e. The van der Waals surface area contributed by atoms with Crippen LogP contribution in [0.25, 0.3) is 0 Å². The molecule has 3 aromatic carbocycles. The van der Waals surface area contributed by atoms with Crippen LogP contribution in [0.5, 0.6) is 5.75 Å². The summed E-state index contributed by atoms with van der Waals surface area (Å²) < 4.78 is 16.1. The lowest BCUT2D eigenvalue weighted by Gasteiger charge is -2.55. The lowest BCUT2D eigenvalue weighted by atomic mass is 9.83. The Bertz CT molecular complexity index is 1980. The summed E-state index contributed by atoms with van der Waals surface area (Å²) in [7, 11) is -2.85. The number of hydrogen-bond acceptors (Lipinski definition) is 8. The summed E-state index contributed by atoms with van der Waals surface area (Å²) in [4.78, 5) is 80.2. The number of nitrogens with one attached hydrogen (secondary N) is 1. The van der Waals surface area contributed by atoms with E-state index in [0.29, 0.717) is 18.5 Å². The van der Waals surface area contributed by atoms with E-state index >= 15 is 0 Å². The normalized spacial score (nSPS) is 20.3. The zero-order valence-corrected chi connectivity index (χ0v) is 32.5. The van der Waals surface area contributed by atoms with Gasteiger partial charge in [0.25, 0.3) is 0 Å². The Morgan fingerprint density at radius 2 is 1.69 bits per heavy atom. The van der Waals surface area contributed by atoms with Gasteiger partial charge in [0.1, 0.15) is 23.7 Å². The number of fused-ring (bicyclic) bond motifs is 2. The standard InChI is InChI=1S/C40H49N6O8P/c1-6-19-44-26-36(48)45-33(20-27-15-17-30(18-16-27)54-55(51,52)53)38(49)43(25-35(45)46(44)39(50)41-22-28-11-8-7-9-12-28)23-29-13-10-14-31-32(24-42(5)37(29)31)34(47)21-40(2,3)4/h6-18,32-33,35H,1,19-26H2,2-5H3,(H,41,50)(H2,51,52,53)/t32?,33-,35-/m0/s1. The Hall–Kier alpha value is -5.01. The van der Waals surface area contributed by atoms with Gasteiger partial charge >= 0.3 is 13.9 Å². The second-order valence-electron chi connectivity index (χ2n) is 15.6. The zero-order chi connectivity index (χ0) is 39.7. The highest BCUT2D eigenvalue weighted by atomic mass is 31.2. The number of anilines is 1. The number of carbonyl (C=O) groups excluding carboxylic acids is 4. The summed E-state index contributed by atoms with van der Waals surface area (Å²) in [6.45, 7) is 11.0. The molecule has 4 amide bonds. The van der Waals surface area contributed by atoms with Crippen molar-refractivity contribution in [3.8, 4) is 5.75 Å². The van der Waals surface area contributed by atoms with Crippen LogP contribution in [0.1, 0.15) is 55.4 Å². The minimum atomic E-state index is -4.79. The number of carbonyl (C=O) groups is 4. The second-order valence-corrected chi connectivity index (χ2v) is 16.7. The predicted molar refractivity (Wildman–Crippen MR) is 206 cm³/mol. The minimum absolute atomic E-state index is 0.0162. The molecule has 2 saturated heterocycles. The molecule has 3 aliphatic rings.